The topological polar surface area (TPSA) is 61.2 Å². The van der Waals surface area contributed by atoms with Crippen LogP contribution in [-0.4, -0.2) is 23.2 Å². The lowest BCUT2D eigenvalue weighted by atomic mass is 10.1. The first-order chi connectivity index (χ1) is 10.0. The zero-order valence-corrected chi connectivity index (χ0v) is 12.4. The van der Waals surface area contributed by atoms with Crippen LogP contribution in [0.25, 0.3) is 11.3 Å². The number of aldehydes is 1. The van der Waals surface area contributed by atoms with Gasteiger partial charge in [0, 0.05) is 12.1 Å². The van der Waals surface area contributed by atoms with Gasteiger partial charge in [-0.3, -0.25) is 9.59 Å². The third kappa shape index (κ3) is 3.37. The molecule has 110 valence electrons. The Kier molecular flexibility index (Phi) is 4.52. The Balaban J connectivity index is 2.52. The van der Waals surface area contributed by atoms with Crippen LogP contribution in [0.4, 0.5) is 0 Å². The van der Waals surface area contributed by atoms with Gasteiger partial charge in [0.1, 0.15) is 5.75 Å². The first-order valence-electron chi connectivity index (χ1n) is 6.77. The molecule has 0 spiro atoms. The van der Waals surface area contributed by atoms with Crippen molar-refractivity contribution in [1.29, 1.82) is 0 Å². The second-order valence-electron chi connectivity index (χ2n) is 5.21. The highest BCUT2D eigenvalue weighted by atomic mass is 16.5. The Labute approximate surface area is 123 Å². The van der Waals surface area contributed by atoms with E-state index in [0.717, 1.165) is 11.3 Å². The van der Waals surface area contributed by atoms with E-state index >= 15 is 0 Å². The molecule has 5 heteroatoms. The molecule has 1 heterocycles. The summed E-state index contributed by atoms with van der Waals surface area (Å²) in [4.78, 5) is 23.2. The number of carbonyl (C=O) groups is 1. The van der Waals surface area contributed by atoms with Gasteiger partial charge in [0.25, 0.3) is 5.56 Å². The fraction of sp³-hybridized carbons (Fsp3) is 0.312. The Bertz CT molecular complexity index is 688. The number of ether oxygens (including phenoxy) is 1. The van der Waals surface area contributed by atoms with Crippen LogP contribution in [-0.2, 0) is 6.54 Å². The van der Waals surface area contributed by atoms with Crippen LogP contribution in [0.2, 0.25) is 0 Å². The quantitative estimate of drug-likeness (QED) is 0.792. The highest BCUT2D eigenvalue weighted by molar-refractivity contribution is 5.76. The number of rotatable bonds is 5. The first kappa shape index (κ1) is 15.0. The minimum absolute atomic E-state index is 0.122. The summed E-state index contributed by atoms with van der Waals surface area (Å²) in [5.74, 6) is 1.01. The Morgan fingerprint density at radius 3 is 2.48 bits per heavy atom. The summed E-state index contributed by atoms with van der Waals surface area (Å²) in [6.07, 6.45) is 0.577. The third-order valence-corrected chi connectivity index (χ3v) is 3.05. The largest absolute Gasteiger partial charge is 0.497 e. The average molecular weight is 286 g/mol. The van der Waals surface area contributed by atoms with Gasteiger partial charge < -0.3 is 4.74 Å². The van der Waals surface area contributed by atoms with Crippen LogP contribution in [0.15, 0.2) is 35.1 Å². The summed E-state index contributed by atoms with van der Waals surface area (Å²) in [5.41, 5.74) is 1.20. The molecule has 2 rings (SSSR count). The molecule has 21 heavy (non-hydrogen) atoms. The van der Waals surface area contributed by atoms with Crippen molar-refractivity contribution in [2.45, 2.75) is 20.4 Å². The summed E-state index contributed by atoms with van der Waals surface area (Å²) in [5, 5.41) is 4.35. The number of aromatic nitrogens is 2. The number of hydrogen-bond donors (Lipinski definition) is 0. The van der Waals surface area contributed by atoms with Crippen molar-refractivity contribution in [3.63, 3.8) is 0 Å². The van der Waals surface area contributed by atoms with E-state index in [-0.39, 0.29) is 17.0 Å². The van der Waals surface area contributed by atoms with Crippen molar-refractivity contribution in [3.05, 3.63) is 46.2 Å². The normalized spacial score (nSPS) is 10.7. The van der Waals surface area contributed by atoms with E-state index in [2.05, 4.69) is 5.10 Å². The molecule has 0 fully saturated rings. The van der Waals surface area contributed by atoms with E-state index in [9.17, 15) is 9.59 Å². The van der Waals surface area contributed by atoms with E-state index < -0.39 is 0 Å². The highest BCUT2D eigenvalue weighted by Gasteiger charge is 2.10. The summed E-state index contributed by atoms with van der Waals surface area (Å²) in [6.45, 7) is 4.47. The first-order valence-corrected chi connectivity index (χ1v) is 6.77. The van der Waals surface area contributed by atoms with Crippen molar-refractivity contribution in [2.24, 2.45) is 5.92 Å². The lowest BCUT2D eigenvalue weighted by Crippen LogP contribution is -2.28. The molecule has 2 aromatic rings. The van der Waals surface area contributed by atoms with Crippen LogP contribution in [0.1, 0.15) is 24.2 Å². The lowest BCUT2D eigenvalue weighted by molar-refractivity contribution is 0.112. The van der Waals surface area contributed by atoms with Gasteiger partial charge in [-0.15, -0.1) is 0 Å². The molecule has 0 aliphatic heterocycles. The van der Waals surface area contributed by atoms with Crippen LogP contribution in [0.3, 0.4) is 0 Å². The zero-order chi connectivity index (χ0) is 15.4. The Hall–Kier alpha value is -2.43. The van der Waals surface area contributed by atoms with Crippen molar-refractivity contribution < 1.29 is 9.53 Å². The van der Waals surface area contributed by atoms with Crippen molar-refractivity contribution in [3.8, 4) is 17.0 Å². The Morgan fingerprint density at radius 2 is 1.95 bits per heavy atom. The van der Waals surface area contributed by atoms with Gasteiger partial charge in [-0.1, -0.05) is 13.8 Å². The fourth-order valence-electron chi connectivity index (χ4n) is 2.02. The summed E-state index contributed by atoms with van der Waals surface area (Å²) in [7, 11) is 1.60. The molecule has 0 radical (unpaired) electrons. The van der Waals surface area contributed by atoms with Crippen molar-refractivity contribution in [1.82, 2.24) is 9.78 Å². The average Bonchev–Trinajstić information content (AvgIpc) is 2.49. The maximum absolute atomic E-state index is 12.1. The third-order valence-electron chi connectivity index (χ3n) is 3.05. The molecule has 0 saturated heterocycles. The molecule has 0 saturated carbocycles. The van der Waals surface area contributed by atoms with Crippen LogP contribution in [0.5, 0.6) is 5.75 Å². The monoisotopic (exact) mass is 286 g/mol. The molecule has 0 unspecified atom stereocenters. The summed E-state index contributed by atoms with van der Waals surface area (Å²) in [6, 6.07) is 8.85. The number of nitrogens with zero attached hydrogens (tertiary/aromatic N) is 2. The minimum Gasteiger partial charge on any atom is -0.497 e. The molecular weight excluding hydrogens is 268 g/mol. The molecule has 0 N–H and O–H groups in total. The highest BCUT2D eigenvalue weighted by Crippen LogP contribution is 2.20. The van der Waals surface area contributed by atoms with Crippen LogP contribution >= 0.6 is 0 Å². The smallest absolute Gasteiger partial charge is 0.277 e. The standard InChI is InChI=1S/C16H18N2O3/c1-11(2)9-18-16(20)13(10-19)8-15(17-18)12-4-6-14(21-3)7-5-12/h4-8,10-11H,9H2,1-3H3. The second kappa shape index (κ2) is 6.35. The maximum atomic E-state index is 12.1. The van der Waals surface area contributed by atoms with E-state index in [1.165, 1.54) is 10.7 Å². The van der Waals surface area contributed by atoms with Crippen LogP contribution in [0, 0.1) is 5.92 Å². The Morgan fingerprint density at radius 1 is 1.29 bits per heavy atom. The van der Waals surface area contributed by atoms with Gasteiger partial charge in [-0.05, 0) is 36.2 Å². The van der Waals surface area contributed by atoms with E-state index in [1.54, 1.807) is 7.11 Å². The predicted molar refractivity (Wildman–Crippen MR) is 80.7 cm³/mol. The molecule has 1 aromatic carbocycles. The SMILES string of the molecule is COc1ccc(-c2cc(C=O)c(=O)n(CC(C)C)n2)cc1. The molecule has 0 atom stereocenters. The molecule has 5 nitrogen and oxygen atoms in total. The number of methoxy groups -OCH3 is 1. The van der Waals surface area contributed by atoms with Gasteiger partial charge >= 0.3 is 0 Å². The van der Waals surface area contributed by atoms with Crippen LogP contribution < -0.4 is 10.3 Å². The van der Waals surface area contributed by atoms with Crippen molar-refractivity contribution >= 4 is 6.29 Å². The predicted octanol–water partition coefficient (Wildman–Crippen LogP) is 2.39. The fourth-order valence-corrected chi connectivity index (χ4v) is 2.02. The molecule has 1 aromatic heterocycles. The van der Waals surface area contributed by atoms with E-state index in [1.807, 2.05) is 38.1 Å². The summed E-state index contributed by atoms with van der Waals surface area (Å²) < 4.78 is 6.47. The molecule has 0 amide bonds. The van der Waals surface area contributed by atoms with Crippen molar-refractivity contribution in [2.75, 3.05) is 7.11 Å². The number of benzene rings is 1. The molecule has 0 aliphatic carbocycles. The van der Waals surface area contributed by atoms with Gasteiger partial charge in [0.2, 0.25) is 0 Å². The maximum Gasteiger partial charge on any atom is 0.277 e. The second-order valence-corrected chi connectivity index (χ2v) is 5.21. The molecule has 0 aliphatic rings. The van der Waals surface area contributed by atoms with E-state index in [0.29, 0.717) is 18.5 Å². The zero-order valence-electron chi connectivity index (χ0n) is 12.4. The summed E-state index contributed by atoms with van der Waals surface area (Å²) >= 11 is 0. The lowest BCUT2D eigenvalue weighted by Gasteiger charge is -2.11. The molecule has 0 bridgehead atoms. The van der Waals surface area contributed by atoms with Gasteiger partial charge in [-0.25, -0.2) is 4.68 Å². The van der Waals surface area contributed by atoms with Gasteiger partial charge in [0.15, 0.2) is 6.29 Å². The molecular formula is C16H18N2O3. The van der Waals surface area contributed by atoms with E-state index in [4.69, 9.17) is 4.74 Å². The van der Waals surface area contributed by atoms with Gasteiger partial charge in [0.05, 0.1) is 18.4 Å². The minimum atomic E-state index is -0.351. The number of carbonyl (C=O) groups excluding carboxylic acids is 1. The van der Waals surface area contributed by atoms with Gasteiger partial charge in [-0.2, -0.15) is 5.10 Å². The number of hydrogen-bond acceptors (Lipinski definition) is 4.